The molecule has 270 valence electrons. The molecule has 0 radical (unpaired) electrons. The van der Waals surface area contributed by atoms with Crippen molar-refractivity contribution in [3.05, 3.63) is 200 Å². The van der Waals surface area contributed by atoms with Gasteiger partial charge >= 0.3 is 0 Å². The smallest absolute Gasteiger partial charge is 0.223 e. The molecular formula is C53H36N2O2. The zero-order chi connectivity index (χ0) is 37.7. The van der Waals surface area contributed by atoms with E-state index in [4.69, 9.17) is 13.8 Å². The van der Waals surface area contributed by atoms with Crippen LogP contribution in [-0.2, 0) is 0 Å². The summed E-state index contributed by atoms with van der Waals surface area (Å²) in [5.74, 6) is 0.689. The Hall–Kier alpha value is -7.43. The maximum absolute atomic E-state index is 6.46. The van der Waals surface area contributed by atoms with E-state index >= 15 is 0 Å². The molecule has 11 rings (SSSR count). The molecular weight excluding hydrogens is 697 g/mol. The number of allylic oxidation sites excluding steroid dienone is 4. The molecule has 4 heteroatoms. The van der Waals surface area contributed by atoms with Gasteiger partial charge in [-0.3, -0.25) is 0 Å². The summed E-state index contributed by atoms with van der Waals surface area (Å²) < 4.78 is 12.7. The van der Waals surface area contributed by atoms with Gasteiger partial charge in [-0.2, -0.15) is 0 Å². The number of anilines is 3. The summed E-state index contributed by atoms with van der Waals surface area (Å²) in [4.78, 5) is 7.33. The average Bonchev–Trinajstić information content (AvgIpc) is 3.89. The lowest BCUT2D eigenvalue weighted by Gasteiger charge is -2.28. The van der Waals surface area contributed by atoms with Gasteiger partial charge in [0.25, 0.3) is 0 Å². The van der Waals surface area contributed by atoms with Gasteiger partial charge in [-0.05, 0) is 106 Å². The zero-order valence-electron chi connectivity index (χ0n) is 31.1. The Labute approximate surface area is 330 Å². The number of rotatable bonds is 7. The first-order valence-electron chi connectivity index (χ1n) is 19.5. The second-order valence-electron chi connectivity index (χ2n) is 14.6. The second kappa shape index (κ2) is 13.7. The van der Waals surface area contributed by atoms with E-state index in [1.807, 2.05) is 12.1 Å². The Morgan fingerprint density at radius 1 is 0.491 bits per heavy atom. The highest BCUT2D eigenvalue weighted by atomic mass is 16.4. The Balaban J connectivity index is 0.980. The fourth-order valence-electron chi connectivity index (χ4n) is 8.38. The van der Waals surface area contributed by atoms with Gasteiger partial charge in [0.05, 0.1) is 11.1 Å². The van der Waals surface area contributed by atoms with E-state index in [0.717, 1.165) is 85.2 Å². The first kappa shape index (κ1) is 33.0. The van der Waals surface area contributed by atoms with Gasteiger partial charge in [0.1, 0.15) is 16.7 Å². The van der Waals surface area contributed by atoms with Gasteiger partial charge in [0, 0.05) is 27.9 Å². The summed E-state index contributed by atoms with van der Waals surface area (Å²) in [6, 6.07) is 62.6. The van der Waals surface area contributed by atoms with Crippen LogP contribution in [0.2, 0.25) is 0 Å². The normalized spacial score (nSPS) is 12.8. The van der Waals surface area contributed by atoms with E-state index in [1.165, 1.54) is 27.5 Å². The van der Waals surface area contributed by atoms with Crippen LogP contribution in [0.1, 0.15) is 18.7 Å². The van der Waals surface area contributed by atoms with Crippen LogP contribution >= 0.6 is 0 Å². The Morgan fingerprint density at radius 3 is 2.00 bits per heavy atom. The van der Waals surface area contributed by atoms with Crippen molar-refractivity contribution >= 4 is 66.4 Å². The van der Waals surface area contributed by atoms with Crippen molar-refractivity contribution in [2.24, 2.45) is 0 Å². The van der Waals surface area contributed by atoms with Crippen LogP contribution in [0.5, 0.6) is 0 Å². The topological polar surface area (TPSA) is 42.4 Å². The van der Waals surface area contributed by atoms with Crippen LogP contribution < -0.4 is 4.90 Å². The predicted molar refractivity (Wildman–Crippen MR) is 236 cm³/mol. The molecule has 0 amide bonds. The largest absolute Gasteiger partial charge is 0.456 e. The van der Waals surface area contributed by atoms with Gasteiger partial charge in [-0.15, -0.1) is 0 Å². The quantitative estimate of drug-likeness (QED) is 0.164. The molecule has 0 N–H and O–H groups in total. The minimum atomic E-state index is 0.689. The molecule has 0 fully saturated rings. The molecule has 0 aliphatic heterocycles. The van der Waals surface area contributed by atoms with Crippen molar-refractivity contribution in [3.63, 3.8) is 0 Å². The highest BCUT2D eigenvalue weighted by molar-refractivity contribution is 6.17. The molecule has 0 saturated heterocycles. The van der Waals surface area contributed by atoms with Crippen LogP contribution in [0.15, 0.2) is 203 Å². The third-order valence-corrected chi connectivity index (χ3v) is 11.2. The summed E-state index contributed by atoms with van der Waals surface area (Å²) in [6.45, 7) is 0. The maximum Gasteiger partial charge on any atom is 0.223 e. The summed E-state index contributed by atoms with van der Waals surface area (Å²) in [7, 11) is 0. The molecule has 0 spiro atoms. The SMILES string of the molecule is C1=CCCC(c2nc3c(ccc4oc5cc(-c6ccc(N(c7ccc(-c8cccc9ccccc89)cc7)c7ccccc7-c7ccccc7)cc6)ccc5c43)o2)=C1. The van der Waals surface area contributed by atoms with E-state index in [9.17, 15) is 0 Å². The van der Waals surface area contributed by atoms with E-state index in [1.54, 1.807) is 0 Å². The van der Waals surface area contributed by atoms with Crippen LogP contribution in [0, 0.1) is 0 Å². The van der Waals surface area contributed by atoms with Gasteiger partial charge in [0.2, 0.25) is 5.89 Å². The number of fused-ring (bicyclic) bond motifs is 6. The van der Waals surface area contributed by atoms with Crippen molar-refractivity contribution in [3.8, 4) is 33.4 Å². The van der Waals surface area contributed by atoms with E-state index in [2.05, 4.69) is 187 Å². The molecule has 0 saturated carbocycles. The zero-order valence-corrected chi connectivity index (χ0v) is 31.1. The average molecular weight is 733 g/mol. The van der Waals surface area contributed by atoms with Crippen molar-refractivity contribution in [1.82, 2.24) is 4.98 Å². The number of oxazole rings is 1. The highest BCUT2D eigenvalue weighted by Gasteiger charge is 2.20. The summed E-state index contributed by atoms with van der Waals surface area (Å²) >= 11 is 0. The van der Waals surface area contributed by atoms with E-state index in [-0.39, 0.29) is 0 Å². The third kappa shape index (κ3) is 5.82. The van der Waals surface area contributed by atoms with E-state index < -0.39 is 0 Å². The van der Waals surface area contributed by atoms with Gasteiger partial charge in [-0.25, -0.2) is 4.98 Å². The Kier molecular flexibility index (Phi) is 7.92. The summed E-state index contributed by atoms with van der Waals surface area (Å²) in [5, 5.41) is 4.51. The first-order valence-corrected chi connectivity index (χ1v) is 19.5. The molecule has 2 heterocycles. The van der Waals surface area contributed by atoms with Gasteiger partial charge in [-0.1, -0.05) is 140 Å². The molecule has 4 nitrogen and oxygen atoms in total. The second-order valence-corrected chi connectivity index (χ2v) is 14.6. The number of benzene rings is 8. The predicted octanol–water partition coefficient (Wildman–Crippen LogP) is 15.1. The molecule has 57 heavy (non-hydrogen) atoms. The molecule has 0 bridgehead atoms. The molecule has 1 aliphatic rings. The number of hydrogen-bond acceptors (Lipinski definition) is 4. The minimum absolute atomic E-state index is 0.689. The lowest BCUT2D eigenvalue weighted by Crippen LogP contribution is -2.11. The van der Waals surface area contributed by atoms with Crippen molar-refractivity contribution in [2.45, 2.75) is 12.8 Å². The van der Waals surface area contributed by atoms with Crippen LogP contribution in [-0.4, -0.2) is 4.98 Å². The van der Waals surface area contributed by atoms with E-state index in [0.29, 0.717) is 5.89 Å². The Bertz CT molecular complexity index is 3160. The molecule has 2 aromatic heterocycles. The lowest BCUT2D eigenvalue weighted by molar-refractivity contribution is 0.580. The van der Waals surface area contributed by atoms with Crippen LogP contribution in [0.3, 0.4) is 0 Å². The van der Waals surface area contributed by atoms with Crippen molar-refractivity contribution in [2.75, 3.05) is 4.90 Å². The van der Waals surface area contributed by atoms with Crippen molar-refractivity contribution in [1.29, 1.82) is 0 Å². The lowest BCUT2D eigenvalue weighted by atomic mass is 9.97. The molecule has 10 aromatic rings. The number of hydrogen-bond donors (Lipinski definition) is 0. The third-order valence-electron chi connectivity index (χ3n) is 11.2. The fraction of sp³-hybridized carbons (Fsp3) is 0.0377. The van der Waals surface area contributed by atoms with Crippen LogP contribution in [0.4, 0.5) is 17.1 Å². The van der Waals surface area contributed by atoms with Gasteiger partial charge < -0.3 is 13.7 Å². The molecule has 1 aliphatic carbocycles. The minimum Gasteiger partial charge on any atom is -0.456 e. The van der Waals surface area contributed by atoms with Gasteiger partial charge in [0.15, 0.2) is 5.58 Å². The van der Waals surface area contributed by atoms with Crippen LogP contribution in [0.25, 0.3) is 82.8 Å². The molecule has 0 unspecified atom stereocenters. The number of aromatic nitrogens is 1. The number of nitrogens with zero attached hydrogens (tertiary/aromatic N) is 2. The fourth-order valence-corrected chi connectivity index (χ4v) is 8.38. The highest BCUT2D eigenvalue weighted by Crippen LogP contribution is 2.43. The monoisotopic (exact) mass is 732 g/mol. The standard InChI is InChI=1S/C53H36N2O2/c1-3-12-37(13-4-1)45-19-9-10-21-47(45)55(42-29-24-38(25-30-42)44-20-11-17-36-14-7-8-18-43(36)44)41-27-22-35(23-28-41)40-26-31-46-50(34-40)56-48-32-33-49-52(51(46)48)54-53(57-49)39-15-5-2-6-16-39/h1-5,7-15,17-34H,6,16H2. The van der Waals surface area contributed by atoms with Crippen molar-refractivity contribution < 1.29 is 8.83 Å². The molecule has 0 atom stereocenters. The first-order chi connectivity index (χ1) is 28.2. The molecule has 8 aromatic carbocycles. The summed E-state index contributed by atoms with van der Waals surface area (Å²) in [5.41, 5.74) is 14.6. The maximum atomic E-state index is 6.46. The summed E-state index contributed by atoms with van der Waals surface area (Å²) in [6.07, 6.45) is 8.27. The number of para-hydroxylation sites is 1. The number of furan rings is 1. The Morgan fingerprint density at radius 2 is 1.18 bits per heavy atom.